The van der Waals surface area contributed by atoms with Gasteiger partial charge in [0.2, 0.25) is 0 Å². The second kappa shape index (κ2) is 8.97. The first-order chi connectivity index (χ1) is 15.2. The Hall–Kier alpha value is -2.43. The average molecular weight is 456 g/mol. The number of likely N-dealkylation sites (tertiary alicyclic amines) is 1. The number of nitrogens with zero attached hydrogens (tertiary/aromatic N) is 7. The maximum absolute atomic E-state index is 13.8. The molecular weight excluding hydrogens is 430 g/mol. The SMILES string of the molecule is CCCn1nnnc1Cn1c(CN2CCCCC2)nc2scc(-c3cccs3)c2c1=O. The monoisotopic (exact) mass is 455 g/mol. The molecule has 0 amide bonds. The molecule has 0 bridgehead atoms. The summed E-state index contributed by atoms with van der Waals surface area (Å²) in [6.45, 7) is 5.92. The molecule has 0 radical (unpaired) electrons. The van der Waals surface area contributed by atoms with E-state index in [4.69, 9.17) is 4.98 Å². The van der Waals surface area contributed by atoms with Crippen LogP contribution in [0.15, 0.2) is 27.7 Å². The van der Waals surface area contributed by atoms with E-state index in [2.05, 4.69) is 38.8 Å². The van der Waals surface area contributed by atoms with Gasteiger partial charge in [0.15, 0.2) is 5.82 Å². The first-order valence-corrected chi connectivity index (χ1v) is 12.5. The third kappa shape index (κ3) is 4.07. The van der Waals surface area contributed by atoms with Gasteiger partial charge in [0.1, 0.15) is 10.7 Å². The third-order valence-corrected chi connectivity index (χ3v) is 7.49. The first kappa shape index (κ1) is 20.5. The molecule has 8 nitrogen and oxygen atoms in total. The van der Waals surface area contributed by atoms with E-state index in [1.807, 2.05) is 11.4 Å². The minimum atomic E-state index is -0.00675. The molecule has 162 valence electrons. The van der Waals surface area contributed by atoms with Crippen LogP contribution in [0.25, 0.3) is 20.7 Å². The van der Waals surface area contributed by atoms with Crippen molar-refractivity contribution in [2.75, 3.05) is 13.1 Å². The summed E-state index contributed by atoms with van der Waals surface area (Å²) in [7, 11) is 0. The summed E-state index contributed by atoms with van der Waals surface area (Å²) in [5, 5.41) is 16.9. The van der Waals surface area contributed by atoms with Crippen LogP contribution in [-0.2, 0) is 19.6 Å². The van der Waals surface area contributed by atoms with Crippen LogP contribution in [0, 0.1) is 0 Å². The van der Waals surface area contributed by atoms with Crippen LogP contribution in [-0.4, -0.2) is 47.7 Å². The molecule has 1 saturated heterocycles. The van der Waals surface area contributed by atoms with E-state index in [0.29, 0.717) is 24.3 Å². The van der Waals surface area contributed by atoms with Gasteiger partial charge in [-0.15, -0.1) is 27.8 Å². The van der Waals surface area contributed by atoms with Gasteiger partial charge < -0.3 is 0 Å². The lowest BCUT2D eigenvalue weighted by Crippen LogP contribution is -2.34. The van der Waals surface area contributed by atoms with Gasteiger partial charge in [0, 0.05) is 22.4 Å². The molecule has 1 fully saturated rings. The van der Waals surface area contributed by atoms with E-state index in [-0.39, 0.29) is 5.56 Å². The molecule has 5 rings (SSSR count). The summed E-state index contributed by atoms with van der Waals surface area (Å²) in [6.07, 6.45) is 4.60. The van der Waals surface area contributed by atoms with E-state index in [0.717, 1.165) is 47.2 Å². The van der Waals surface area contributed by atoms with E-state index in [1.54, 1.807) is 31.9 Å². The molecule has 0 saturated carbocycles. The minimum absolute atomic E-state index is 0.00675. The second-order valence-electron chi connectivity index (χ2n) is 7.88. The van der Waals surface area contributed by atoms with Crippen molar-refractivity contribution >= 4 is 32.9 Å². The van der Waals surface area contributed by atoms with Crippen LogP contribution in [0.2, 0.25) is 0 Å². The molecule has 0 unspecified atom stereocenters. The topological polar surface area (TPSA) is 81.7 Å². The molecular formula is C21H25N7OS2. The Kier molecular flexibility index (Phi) is 5.93. The van der Waals surface area contributed by atoms with E-state index in [1.165, 1.54) is 19.3 Å². The molecule has 1 aliphatic rings. The standard InChI is InChI=1S/C21H25N7OS2/c1-2-8-28-18(23-24-25-28)13-27-17(12-26-9-4-3-5-10-26)22-20-19(21(27)29)15(14-31-20)16-7-6-11-30-16/h6-7,11,14H,2-5,8-10,12-13H2,1H3. The minimum Gasteiger partial charge on any atom is -0.296 e. The van der Waals surface area contributed by atoms with Crippen LogP contribution >= 0.6 is 22.7 Å². The quantitative estimate of drug-likeness (QED) is 0.423. The maximum Gasteiger partial charge on any atom is 0.263 e. The molecule has 0 aromatic carbocycles. The smallest absolute Gasteiger partial charge is 0.263 e. The number of rotatable bonds is 7. The number of aryl methyl sites for hydroxylation is 1. The Bertz CT molecular complexity index is 1220. The van der Waals surface area contributed by atoms with Gasteiger partial charge in [0.05, 0.1) is 18.5 Å². The van der Waals surface area contributed by atoms with Crippen LogP contribution in [0.5, 0.6) is 0 Å². The highest BCUT2D eigenvalue weighted by molar-refractivity contribution is 7.18. The van der Waals surface area contributed by atoms with Crippen molar-refractivity contribution in [2.24, 2.45) is 0 Å². The van der Waals surface area contributed by atoms with Gasteiger partial charge in [-0.2, -0.15) is 0 Å². The molecule has 31 heavy (non-hydrogen) atoms. The summed E-state index contributed by atoms with van der Waals surface area (Å²) in [5.74, 6) is 1.49. The molecule has 1 aliphatic heterocycles. The highest BCUT2D eigenvalue weighted by Gasteiger charge is 2.21. The van der Waals surface area contributed by atoms with Crippen LogP contribution in [0.4, 0.5) is 0 Å². The molecule has 5 heterocycles. The number of tetrazole rings is 1. The Labute approximate surface area is 188 Å². The fourth-order valence-corrected chi connectivity index (χ4v) is 5.92. The molecule has 4 aromatic rings. The zero-order valence-electron chi connectivity index (χ0n) is 17.5. The number of thiophene rings is 2. The van der Waals surface area contributed by atoms with Crippen molar-refractivity contribution in [3.63, 3.8) is 0 Å². The molecule has 0 N–H and O–H groups in total. The predicted octanol–water partition coefficient (Wildman–Crippen LogP) is 3.62. The molecule has 0 aliphatic carbocycles. The summed E-state index contributed by atoms with van der Waals surface area (Å²) in [5.41, 5.74) is 0.964. The molecule has 0 spiro atoms. The average Bonchev–Trinajstić information content (AvgIpc) is 3.53. The summed E-state index contributed by atoms with van der Waals surface area (Å²) >= 11 is 3.19. The van der Waals surface area contributed by atoms with Crippen LogP contribution in [0.3, 0.4) is 0 Å². The summed E-state index contributed by atoms with van der Waals surface area (Å²) < 4.78 is 3.58. The lowest BCUT2D eigenvalue weighted by molar-refractivity contribution is 0.212. The van der Waals surface area contributed by atoms with Crippen molar-refractivity contribution in [1.29, 1.82) is 0 Å². The Morgan fingerprint density at radius 2 is 1.97 bits per heavy atom. The third-order valence-electron chi connectivity index (χ3n) is 5.71. The van der Waals surface area contributed by atoms with Gasteiger partial charge in [-0.1, -0.05) is 19.4 Å². The molecule has 4 aromatic heterocycles. The largest absolute Gasteiger partial charge is 0.296 e. The van der Waals surface area contributed by atoms with Crippen molar-refractivity contribution in [3.8, 4) is 10.4 Å². The number of hydrogen-bond donors (Lipinski definition) is 0. The van der Waals surface area contributed by atoms with Crippen LogP contribution < -0.4 is 5.56 Å². The van der Waals surface area contributed by atoms with Crippen molar-refractivity contribution in [2.45, 2.75) is 52.2 Å². The Balaban J connectivity index is 1.62. The zero-order chi connectivity index (χ0) is 21.2. The highest BCUT2D eigenvalue weighted by atomic mass is 32.1. The van der Waals surface area contributed by atoms with Gasteiger partial charge in [-0.25, -0.2) is 9.67 Å². The number of fused-ring (bicyclic) bond motifs is 1. The highest BCUT2D eigenvalue weighted by Crippen LogP contribution is 2.34. The number of aromatic nitrogens is 6. The van der Waals surface area contributed by atoms with Crippen molar-refractivity contribution in [1.82, 2.24) is 34.7 Å². The zero-order valence-corrected chi connectivity index (χ0v) is 19.2. The van der Waals surface area contributed by atoms with E-state index >= 15 is 0 Å². The van der Waals surface area contributed by atoms with Crippen molar-refractivity contribution < 1.29 is 0 Å². The fraction of sp³-hybridized carbons (Fsp3) is 0.476. The Morgan fingerprint density at radius 3 is 2.74 bits per heavy atom. The fourth-order valence-electron chi connectivity index (χ4n) is 4.14. The summed E-state index contributed by atoms with van der Waals surface area (Å²) in [6, 6.07) is 4.07. The lowest BCUT2D eigenvalue weighted by Gasteiger charge is -2.27. The summed E-state index contributed by atoms with van der Waals surface area (Å²) in [4.78, 5) is 23.1. The first-order valence-electron chi connectivity index (χ1n) is 10.8. The normalized spacial score (nSPS) is 15.1. The van der Waals surface area contributed by atoms with Gasteiger partial charge in [-0.05, 0) is 54.2 Å². The number of piperidine rings is 1. The van der Waals surface area contributed by atoms with Crippen LogP contribution in [0.1, 0.15) is 44.3 Å². The van der Waals surface area contributed by atoms with E-state index in [9.17, 15) is 4.79 Å². The van der Waals surface area contributed by atoms with Gasteiger partial charge >= 0.3 is 0 Å². The van der Waals surface area contributed by atoms with E-state index < -0.39 is 0 Å². The predicted molar refractivity (Wildman–Crippen MR) is 124 cm³/mol. The molecule has 0 atom stereocenters. The molecule has 10 heteroatoms. The Morgan fingerprint density at radius 1 is 1.10 bits per heavy atom. The van der Waals surface area contributed by atoms with Gasteiger partial charge in [0.25, 0.3) is 5.56 Å². The second-order valence-corrected chi connectivity index (χ2v) is 9.69. The van der Waals surface area contributed by atoms with Gasteiger partial charge in [-0.3, -0.25) is 14.3 Å². The lowest BCUT2D eigenvalue weighted by atomic mass is 10.1. The van der Waals surface area contributed by atoms with Crippen molar-refractivity contribution in [3.05, 3.63) is 44.9 Å². The number of hydrogen-bond acceptors (Lipinski definition) is 8. The maximum atomic E-state index is 13.8.